The first-order valence-corrected chi connectivity index (χ1v) is 7.59. The van der Waals surface area contributed by atoms with Gasteiger partial charge >= 0.3 is 0 Å². The Morgan fingerprint density at radius 2 is 2.11 bits per heavy atom. The summed E-state index contributed by atoms with van der Waals surface area (Å²) in [6.45, 7) is 2.21. The van der Waals surface area contributed by atoms with Crippen LogP contribution in [0.5, 0.6) is 0 Å². The van der Waals surface area contributed by atoms with Gasteiger partial charge in [0.25, 0.3) is 0 Å². The molecule has 1 aromatic carbocycles. The SMILES string of the molecule is CCC(Nc1cccc(Cl)c1C#N)C1CCCCC1. The van der Waals surface area contributed by atoms with Crippen LogP contribution in [0, 0.1) is 17.2 Å². The molecule has 0 aromatic heterocycles. The Hall–Kier alpha value is -1.20. The molecule has 2 nitrogen and oxygen atoms in total. The Kier molecular flexibility index (Phi) is 5.10. The topological polar surface area (TPSA) is 35.8 Å². The van der Waals surface area contributed by atoms with Crippen molar-refractivity contribution in [2.24, 2.45) is 5.92 Å². The molecule has 102 valence electrons. The average Bonchev–Trinajstić information content (AvgIpc) is 2.46. The van der Waals surface area contributed by atoms with Crippen LogP contribution in [0.15, 0.2) is 18.2 Å². The molecule has 0 bridgehead atoms. The zero-order valence-corrected chi connectivity index (χ0v) is 12.2. The largest absolute Gasteiger partial charge is 0.381 e. The number of hydrogen-bond donors (Lipinski definition) is 1. The highest BCUT2D eigenvalue weighted by molar-refractivity contribution is 6.32. The molecule has 0 aliphatic heterocycles. The lowest BCUT2D eigenvalue weighted by molar-refractivity contribution is 0.313. The molecule has 0 saturated heterocycles. The number of hydrogen-bond acceptors (Lipinski definition) is 2. The van der Waals surface area contributed by atoms with Gasteiger partial charge in [-0.1, -0.05) is 43.9 Å². The van der Waals surface area contributed by atoms with Gasteiger partial charge in [-0.3, -0.25) is 0 Å². The van der Waals surface area contributed by atoms with Gasteiger partial charge in [-0.15, -0.1) is 0 Å². The van der Waals surface area contributed by atoms with Crippen molar-refractivity contribution >= 4 is 17.3 Å². The molecule has 0 heterocycles. The van der Waals surface area contributed by atoms with E-state index in [1.54, 1.807) is 6.07 Å². The second-order valence-electron chi connectivity index (χ2n) is 5.33. The van der Waals surface area contributed by atoms with Crippen molar-refractivity contribution < 1.29 is 0 Å². The van der Waals surface area contributed by atoms with Crippen LogP contribution in [0.25, 0.3) is 0 Å². The van der Waals surface area contributed by atoms with E-state index in [4.69, 9.17) is 11.6 Å². The predicted octanol–water partition coefficient (Wildman–Crippen LogP) is 4.98. The summed E-state index contributed by atoms with van der Waals surface area (Å²) < 4.78 is 0. The number of rotatable bonds is 4. The molecule has 2 rings (SSSR count). The molecule has 1 aliphatic carbocycles. The van der Waals surface area contributed by atoms with E-state index >= 15 is 0 Å². The van der Waals surface area contributed by atoms with Crippen LogP contribution in [-0.2, 0) is 0 Å². The van der Waals surface area contributed by atoms with Crippen molar-refractivity contribution in [3.8, 4) is 6.07 Å². The number of halogens is 1. The lowest BCUT2D eigenvalue weighted by atomic mass is 9.83. The highest BCUT2D eigenvalue weighted by Crippen LogP contribution is 2.31. The van der Waals surface area contributed by atoms with Gasteiger partial charge in [-0.05, 0) is 37.3 Å². The van der Waals surface area contributed by atoms with E-state index in [0.717, 1.165) is 18.0 Å². The van der Waals surface area contributed by atoms with Gasteiger partial charge in [0.1, 0.15) is 6.07 Å². The summed E-state index contributed by atoms with van der Waals surface area (Å²) >= 11 is 6.08. The Balaban J connectivity index is 2.14. The predicted molar refractivity (Wildman–Crippen MR) is 80.4 cm³/mol. The summed E-state index contributed by atoms with van der Waals surface area (Å²) in [5, 5.41) is 13.3. The van der Waals surface area contributed by atoms with Crippen molar-refractivity contribution in [1.29, 1.82) is 5.26 Å². The van der Waals surface area contributed by atoms with Gasteiger partial charge in [0.15, 0.2) is 0 Å². The van der Waals surface area contributed by atoms with Crippen LogP contribution in [0.4, 0.5) is 5.69 Å². The molecular weight excluding hydrogens is 256 g/mol. The average molecular weight is 277 g/mol. The van der Waals surface area contributed by atoms with E-state index < -0.39 is 0 Å². The van der Waals surface area contributed by atoms with Gasteiger partial charge in [0.2, 0.25) is 0 Å². The molecule has 1 saturated carbocycles. The number of benzene rings is 1. The van der Waals surface area contributed by atoms with Gasteiger partial charge in [0, 0.05) is 6.04 Å². The number of nitriles is 1. The lowest BCUT2D eigenvalue weighted by Gasteiger charge is -2.31. The van der Waals surface area contributed by atoms with Crippen LogP contribution < -0.4 is 5.32 Å². The maximum absolute atomic E-state index is 9.22. The van der Waals surface area contributed by atoms with Crippen LogP contribution in [0.3, 0.4) is 0 Å². The van der Waals surface area contributed by atoms with Crippen LogP contribution in [-0.4, -0.2) is 6.04 Å². The van der Waals surface area contributed by atoms with E-state index in [0.29, 0.717) is 16.6 Å². The highest BCUT2D eigenvalue weighted by atomic mass is 35.5. The molecule has 1 N–H and O–H groups in total. The Bertz CT molecular complexity index is 458. The summed E-state index contributed by atoms with van der Waals surface area (Å²) in [7, 11) is 0. The summed E-state index contributed by atoms with van der Waals surface area (Å²) in [5.41, 5.74) is 1.45. The fourth-order valence-corrected chi connectivity index (χ4v) is 3.26. The van der Waals surface area contributed by atoms with Gasteiger partial charge < -0.3 is 5.32 Å². The zero-order chi connectivity index (χ0) is 13.7. The highest BCUT2D eigenvalue weighted by Gasteiger charge is 2.23. The summed E-state index contributed by atoms with van der Waals surface area (Å²) in [4.78, 5) is 0. The first-order chi connectivity index (χ1) is 9.26. The molecule has 19 heavy (non-hydrogen) atoms. The van der Waals surface area contributed by atoms with E-state index in [1.165, 1.54) is 32.1 Å². The zero-order valence-electron chi connectivity index (χ0n) is 11.5. The van der Waals surface area contributed by atoms with E-state index in [-0.39, 0.29) is 0 Å². The fraction of sp³-hybridized carbons (Fsp3) is 0.562. The summed E-state index contributed by atoms with van der Waals surface area (Å²) in [6, 6.07) is 8.28. The third-order valence-electron chi connectivity index (χ3n) is 4.13. The first kappa shape index (κ1) is 14.2. The number of anilines is 1. The normalized spacial score (nSPS) is 17.7. The van der Waals surface area contributed by atoms with Crippen LogP contribution >= 0.6 is 11.6 Å². The molecule has 1 aromatic rings. The third kappa shape index (κ3) is 3.42. The number of nitrogens with zero attached hydrogens (tertiary/aromatic N) is 1. The van der Waals surface area contributed by atoms with Crippen LogP contribution in [0.2, 0.25) is 5.02 Å². The Labute approximate surface area is 120 Å². The van der Waals surface area contributed by atoms with Crippen LogP contribution in [0.1, 0.15) is 51.0 Å². The molecule has 3 heteroatoms. The minimum Gasteiger partial charge on any atom is -0.381 e. The van der Waals surface area contributed by atoms with E-state index in [9.17, 15) is 5.26 Å². The molecule has 1 aliphatic rings. The lowest BCUT2D eigenvalue weighted by Crippen LogP contribution is -2.30. The van der Waals surface area contributed by atoms with Crippen molar-refractivity contribution in [3.05, 3.63) is 28.8 Å². The molecular formula is C16H21ClN2. The molecule has 1 atom stereocenters. The van der Waals surface area contributed by atoms with Crippen molar-refractivity contribution in [1.82, 2.24) is 0 Å². The van der Waals surface area contributed by atoms with Gasteiger partial charge in [0.05, 0.1) is 16.3 Å². The Morgan fingerprint density at radius 3 is 2.74 bits per heavy atom. The minimum absolute atomic E-state index is 0.450. The van der Waals surface area contributed by atoms with Crippen molar-refractivity contribution in [3.63, 3.8) is 0 Å². The smallest absolute Gasteiger partial charge is 0.103 e. The molecule has 0 amide bonds. The number of nitrogens with one attached hydrogen (secondary N) is 1. The second kappa shape index (κ2) is 6.82. The van der Waals surface area contributed by atoms with E-state index in [1.807, 2.05) is 12.1 Å². The monoisotopic (exact) mass is 276 g/mol. The van der Waals surface area contributed by atoms with Crippen molar-refractivity contribution in [2.45, 2.75) is 51.5 Å². The second-order valence-corrected chi connectivity index (χ2v) is 5.74. The molecule has 1 fully saturated rings. The van der Waals surface area contributed by atoms with Gasteiger partial charge in [-0.2, -0.15) is 5.26 Å². The first-order valence-electron chi connectivity index (χ1n) is 7.21. The minimum atomic E-state index is 0.450. The van der Waals surface area contributed by atoms with Crippen molar-refractivity contribution in [2.75, 3.05) is 5.32 Å². The summed E-state index contributed by atoms with van der Waals surface area (Å²) in [6.07, 6.45) is 7.73. The maximum Gasteiger partial charge on any atom is 0.103 e. The molecule has 1 unspecified atom stereocenters. The van der Waals surface area contributed by atoms with E-state index in [2.05, 4.69) is 18.3 Å². The fourth-order valence-electron chi connectivity index (χ4n) is 3.05. The quantitative estimate of drug-likeness (QED) is 0.841. The maximum atomic E-state index is 9.22. The summed E-state index contributed by atoms with van der Waals surface area (Å²) in [5.74, 6) is 0.726. The molecule has 0 spiro atoms. The Morgan fingerprint density at radius 1 is 1.37 bits per heavy atom. The van der Waals surface area contributed by atoms with Gasteiger partial charge in [-0.25, -0.2) is 0 Å². The standard InChI is InChI=1S/C16H21ClN2/c1-2-15(12-7-4-3-5-8-12)19-16-10-6-9-14(17)13(16)11-18/h6,9-10,12,15,19H,2-5,7-8H2,1H3. The molecule has 0 radical (unpaired) electrons. The third-order valence-corrected chi connectivity index (χ3v) is 4.44.